The molecule has 1 aromatic heterocycles. The van der Waals surface area contributed by atoms with E-state index in [1.807, 2.05) is 38.1 Å². The normalized spacial score (nSPS) is 15.1. The highest BCUT2D eigenvalue weighted by Gasteiger charge is 2.50. The number of ether oxygens (including phenoxy) is 5. The minimum absolute atomic E-state index is 0. The largest absolute Gasteiger partial charge is 0.534 e. The first-order chi connectivity index (χ1) is 46.6. The molecule has 29 heteroatoms. The molecule has 2 aliphatic heterocycles. The number of Topliss-reactive ketones (excluding diaryl/α,β-unsaturated/α-hetero) is 1. The van der Waals surface area contributed by atoms with E-state index in [1.54, 1.807) is 49.5 Å². The first kappa shape index (κ1) is 78.0. The molecular weight excluding hydrogens is 1340 g/mol. The maximum Gasteiger partial charge on any atom is 0.534 e. The molecule has 0 saturated carbocycles. The fourth-order valence-electron chi connectivity index (χ4n) is 10.9. The molecule has 0 radical (unpaired) electrons. The molecule has 1 unspecified atom stereocenters. The summed E-state index contributed by atoms with van der Waals surface area (Å²) >= 11 is 0. The summed E-state index contributed by atoms with van der Waals surface area (Å²) in [7, 11) is -3.12. The van der Waals surface area contributed by atoms with Crippen molar-refractivity contribution in [1.82, 2.24) is 19.8 Å². The van der Waals surface area contributed by atoms with Gasteiger partial charge in [0.15, 0.2) is 11.5 Å². The van der Waals surface area contributed by atoms with E-state index >= 15 is 0 Å². The van der Waals surface area contributed by atoms with Crippen LogP contribution in [0.1, 0.15) is 94.7 Å². The number of methoxy groups -OCH3 is 4. The Morgan fingerprint density at radius 1 is 0.776 bits per heavy atom. The van der Waals surface area contributed by atoms with E-state index in [0.717, 1.165) is 78.7 Å². The van der Waals surface area contributed by atoms with Crippen molar-refractivity contribution in [2.75, 3.05) is 78.9 Å². The van der Waals surface area contributed by atoms with Gasteiger partial charge in [-0.2, -0.15) is 66.6 Å². The van der Waals surface area contributed by atoms with Gasteiger partial charge in [0.1, 0.15) is 47.2 Å². The summed E-state index contributed by atoms with van der Waals surface area (Å²) in [4.78, 5) is 41.4. The van der Waals surface area contributed by atoms with Crippen LogP contribution in [0.15, 0.2) is 128 Å². The number of nitrogens with zero attached hydrogens (tertiary/aromatic N) is 6. The summed E-state index contributed by atoms with van der Waals surface area (Å²) in [5.41, 5.74) is 1.55. The highest BCUT2D eigenvalue weighted by molar-refractivity contribution is 7.88. The van der Waals surface area contributed by atoms with Gasteiger partial charge in [-0.05, 0) is 167 Å². The van der Waals surface area contributed by atoms with Crippen molar-refractivity contribution >= 4 is 84.2 Å². The molecule has 0 bridgehead atoms. The highest BCUT2D eigenvalue weighted by Crippen LogP contribution is 2.38. The van der Waals surface area contributed by atoms with Gasteiger partial charge in [0, 0.05) is 61.7 Å². The number of rotatable bonds is 16. The maximum atomic E-state index is 12.3. The van der Waals surface area contributed by atoms with Crippen molar-refractivity contribution in [1.29, 1.82) is 0 Å². The number of benzene rings is 6. The number of alkyl halides is 6. The monoisotopic (exact) mass is 1430 g/mol. The zero-order valence-corrected chi connectivity index (χ0v) is 57.1. The molecule has 2 aliphatic carbocycles. The quantitative estimate of drug-likeness (QED) is 0.0311. The first-order valence-electron chi connectivity index (χ1n) is 31.3. The standard InChI is InChI=1S/C24H29N5O2.C12H11F3O4S.C12H9F3O4S.C11H12O2.C9H14N2O.CH4.H2S.H2/c1-28-11-4-6-17(28)15-31-24-26-21-14-29(12-10-19(21)23(25)27-24)22-7-3-5-16-8-9-18(30-2)13-20(16)22;2*1-18-9-6-5-8-3-2-4-11(10(8)7-9)19-20(16,17)12(13,14)15;1-13-9-6-5-8-3-2-4-11(12)10(8)7-9;1-5-9(12)11(6-2)8(3)7-10-4;;;/h3,5,7-9,13,17H,4,6,10-12,14-15H2,1-2H3,(H2,25,26,27);4-7H,2-3H2,1H3;2-7H,1H3;5-7H,2-4H2,1H3;5,8H,1,6-7H2,2-3H3;1H4;1H2;1H/t17-;;;;;;;/m0......./s1/i;;;;;;;1+1D. The summed E-state index contributed by atoms with van der Waals surface area (Å²) in [6.45, 7) is 18.1. The van der Waals surface area contributed by atoms with Crippen LogP contribution < -0.4 is 38.5 Å². The van der Waals surface area contributed by atoms with Crippen LogP contribution in [0.3, 0.4) is 0 Å². The van der Waals surface area contributed by atoms with Crippen molar-refractivity contribution in [3.05, 3.63) is 173 Å². The van der Waals surface area contributed by atoms with Crippen LogP contribution in [0, 0.1) is 6.57 Å². The lowest BCUT2D eigenvalue weighted by atomic mass is 9.91. The Bertz CT molecular complexity index is 4250. The Labute approximate surface area is 577 Å². The smallest absolute Gasteiger partial charge is 0.497 e. The summed E-state index contributed by atoms with van der Waals surface area (Å²) in [6, 6.07) is 32.6. The van der Waals surface area contributed by atoms with Crippen LogP contribution in [-0.2, 0) is 55.0 Å². The maximum absolute atomic E-state index is 12.3. The number of amides is 1. The van der Waals surface area contributed by atoms with Gasteiger partial charge in [0.25, 0.3) is 0 Å². The van der Waals surface area contributed by atoms with Crippen LogP contribution in [0.2, 0.25) is 0 Å². The van der Waals surface area contributed by atoms with Crippen molar-refractivity contribution in [3.8, 4) is 34.8 Å². The third-order valence-corrected chi connectivity index (χ3v) is 18.0. The number of aryl methyl sites for hydroxylation is 2. The lowest BCUT2D eigenvalue weighted by Crippen LogP contribution is -2.38. The number of carbonyl (C=O) groups is 2. The lowest BCUT2D eigenvalue weighted by molar-refractivity contribution is -0.127. The molecule has 20 nitrogen and oxygen atoms in total. The number of nitrogens with two attached hydrogens (primary N) is 1. The number of carbonyl (C=O) groups excluding carboxylic acids is 2. The number of anilines is 2. The Balaban J connectivity index is 0.000000274. The Hall–Kier alpha value is -8.98. The molecule has 7 aromatic rings. The fourth-order valence-corrected chi connectivity index (χ4v) is 11.9. The molecule has 2 atom stereocenters. The molecule has 6 aromatic carbocycles. The van der Waals surface area contributed by atoms with Gasteiger partial charge in [-0.15, -0.1) is 0 Å². The third kappa shape index (κ3) is 20.3. The van der Waals surface area contributed by atoms with E-state index in [0.29, 0.717) is 91.4 Å². The van der Waals surface area contributed by atoms with Crippen LogP contribution in [0.4, 0.5) is 37.8 Å². The highest BCUT2D eigenvalue weighted by atomic mass is 32.2. The lowest BCUT2D eigenvalue weighted by Gasteiger charge is -2.31. The number of aromatic nitrogens is 2. The Morgan fingerprint density at radius 3 is 1.91 bits per heavy atom. The molecule has 1 saturated heterocycles. The molecular formula is C69H83F6N7O13S3. The minimum atomic E-state index is -5.70. The van der Waals surface area contributed by atoms with Crippen molar-refractivity contribution in [2.24, 2.45) is 0 Å². The Morgan fingerprint density at radius 2 is 1.34 bits per heavy atom. The topological polar surface area (TPSA) is 233 Å². The van der Waals surface area contributed by atoms with E-state index in [2.05, 4.69) is 72.0 Å². The Kier molecular flexibility index (Phi) is 28.3. The number of fused-ring (bicyclic) bond motifs is 5. The summed E-state index contributed by atoms with van der Waals surface area (Å²) in [6.07, 6.45) is 9.46. The number of likely N-dealkylation sites (tertiary alicyclic amines) is 1. The van der Waals surface area contributed by atoms with Gasteiger partial charge in [-0.1, -0.05) is 62.5 Å². The van der Waals surface area contributed by atoms with Gasteiger partial charge in [0.2, 0.25) is 12.5 Å². The number of allylic oxidation sites excluding steroid dienone is 1. The van der Waals surface area contributed by atoms with E-state index in [-0.39, 0.29) is 49.8 Å². The molecule has 1 amide bonds. The molecule has 98 heavy (non-hydrogen) atoms. The summed E-state index contributed by atoms with van der Waals surface area (Å²) < 4.78 is 163. The molecule has 0 spiro atoms. The summed E-state index contributed by atoms with van der Waals surface area (Å²) in [5, 5.41) is 3.10. The number of nitrogen functional groups attached to an aromatic ring is 1. The average Bonchev–Trinajstić information content (AvgIpc) is 0.859. The zero-order valence-electron chi connectivity index (χ0n) is 56.5. The first-order valence-corrected chi connectivity index (χ1v) is 33.1. The van der Waals surface area contributed by atoms with Gasteiger partial charge in [0.05, 0.1) is 40.7 Å². The van der Waals surface area contributed by atoms with E-state index in [4.69, 9.17) is 43.9 Å². The van der Waals surface area contributed by atoms with Gasteiger partial charge < -0.3 is 57.3 Å². The van der Waals surface area contributed by atoms with Crippen molar-refractivity contribution < 1.29 is 87.8 Å². The second kappa shape index (κ2) is 35.5. The molecule has 3 heterocycles. The predicted molar refractivity (Wildman–Crippen MR) is 372 cm³/mol. The van der Waals surface area contributed by atoms with E-state index in [1.165, 1.54) is 67.5 Å². The third-order valence-electron chi connectivity index (χ3n) is 16.1. The van der Waals surface area contributed by atoms with E-state index in [9.17, 15) is 52.8 Å². The molecule has 11 rings (SSSR count). The fraction of sp³-hybridized carbons (Fsp3) is 0.377. The van der Waals surface area contributed by atoms with Crippen LogP contribution in [0.5, 0.6) is 34.8 Å². The minimum Gasteiger partial charge on any atom is -0.497 e. The average molecular weight is 1430 g/mol. The van der Waals surface area contributed by atoms with Crippen LogP contribution >= 0.6 is 13.5 Å². The number of halogens is 6. The molecule has 1 fully saturated rings. The van der Waals surface area contributed by atoms with E-state index < -0.39 is 37.0 Å². The number of hydrogen-bond donors (Lipinski definition) is 1. The molecule has 4 aliphatic rings. The van der Waals surface area contributed by atoms with Crippen molar-refractivity contribution in [3.63, 3.8) is 0 Å². The number of likely N-dealkylation sites (N-methyl/N-ethyl adjacent to an activating group) is 2. The second-order valence-corrected chi connectivity index (χ2v) is 25.3. The van der Waals surface area contributed by atoms with Gasteiger partial charge >= 0.3 is 37.3 Å². The number of hydrogen-bond acceptors (Lipinski definition) is 18. The zero-order chi connectivity index (χ0) is 72.1. The molecule has 532 valence electrons. The van der Waals surface area contributed by atoms with Crippen LogP contribution in [-0.4, -0.2) is 140 Å². The second-order valence-electron chi connectivity index (χ2n) is 22.2. The SMILES string of the molecule is C.COc1ccc2c(c1)C(=O)CCC2.COc1ccc2c(c1)C(OS(=O)(=O)C(F)(F)F)=CCC2.COc1ccc2cccc(N3CCc4c(N)nc(OC[C@@H]5CCCN5C)nc4C3)c2c1.COc1ccc2cccc(OS(=O)(=O)C(F)(F)F)c2c1.S.[2H][2H].[C-]#[N+]CC(C)N(CC)C(=O)C=C. The number of ketones is 1. The van der Waals surface area contributed by atoms with Gasteiger partial charge in [-0.3, -0.25) is 9.59 Å². The van der Waals surface area contributed by atoms with Crippen molar-refractivity contribution in [2.45, 2.75) is 102 Å². The summed E-state index contributed by atoms with van der Waals surface area (Å²) in [5.74, 6) is 2.38. The van der Waals surface area contributed by atoms with Gasteiger partial charge in [-0.25, -0.2) is 6.57 Å². The van der Waals surface area contributed by atoms with Crippen LogP contribution in [0.25, 0.3) is 32.1 Å². The molecule has 2 N–H and O–H groups in total. The predicted octanol–water partition coefficient (Wildman–Crippen LogP) is 13.7.